The average molecular weight is 494 g/mol. The second-order valence-corrected chi connectivity index (χ2v) is 9.69. The molecule has 1 aliphatic rings. The summed E-state index contributed by atoms with van der Waals surface area (Å²) in [6.45, 7) is 1.91. The Balaban J connectivity index is 1.53. The van der Waals surface area contributed by atoms with Crippen molar-refractivity contribution in [3.8, 4) is 11.5 Å². The van der Waals surface area contributed by atoms with Crippen molar-refractivity contribution in [3.05, 3.63) is 78.0 Å². The van der Waals surface area contributed by atoms with E-state index in [-0.39, 0.29) is 16.5 Å². The third kappa shape index (κ3) is 5.63. The molecule has 2 heterocycles. The van der Waals surface area contributed by atoms with E-state index in [2.05, 4.69) is 14.6 Å². The third-order valence-corrected chi connectivity index (χ3v) is 7.12. The molecule has 1 aliphatic heterocycles. The summed E-state index contributed by atoms with van der Waals surface area (Å²) in [6.07, 6.45) is 6.91. The van der Waals surface area contributed by atoms with E-state index in [9.17, 15) is 13.2 Å². The molecule has 8 nitrogen and oxygen atoms in total. The number of ether oxygens (including phenoxy) is 2. The number of ketones is 1. The summed E-state index contributed by atoms with van der Waals surface area (Å²) >= 11 is 0. The first kappa shape index (κ1) is 24.3. The molecule has 0 aliphatic carbocycles. The molecule has 35 heavy (non-hydrogen) atoms. The van der Waals surface area contributed by atoms with Crippen LogP contribution in [0.15, 0.2) is 71.8 Å². The Hall–Kier alpha value is -3.85. The molecule has 2 aromatic carbocycles. The average Bonchev–Trinajstić information content (AvgIpc) is 3.42. The van der Waals surface area contributed by atoms with Crippen LogP contribution in [0.25, 0.3) is 6.08 Å². The van der Waals surface area contributed by atoms with Gasteiger partial charge in [-0.25, -0.2) is 13.4 Å². The SMILES string of the molecule is COc1cc(OC)c(N2CCCC2)cc1C=CC(=O)c1ccc(S(=O)(=O)Nc2ccccn2)cc1. The van der Waals surface area contributed by atoms with Gasteiger partial charge in [0.25, 0.3) is 10.0 Å². The summed E-state index contributed by atoms with van der Waals surface area (Å²) in [4.78, 5) is 19.1. The number of pyridine rings is 1. The molecule has 0 amide bonds. The Bertz CT molecular complexity index is 1320. The lowest BCUT2D eigenvalue weighted by Gasteiger charge is -2.22. The van der Waals surface area contributed by atoms with E-state index in [4.69, 9.17) is 9.47 Å². The fourth-order valence-corrected chi connectivity index (χ4v) is 4.93. The lowest BCUT2D eigenvalue weighted by atomic mass is 10.1. The van der Waals surface area contributed by atoms with Gasteiger partial charge in [0.15, 0.2) is 5.78 Å². The van der Waals surface area contributed by atoms with Crippen molar-refractivity contribution in [2.45, 2.75) is 17.7 Å². The number of nitrogens with zero attached hydrogens (tertiary/aromatic N) is 2. The highest BCUT2D eigenvalue weighted by Crippen LogP contribution is 2.37. The molecule has 0 saturated carbocycles. The van der Waals surface area contributed by atoms with E-state index in [0.717, 1.165) is 42.9 Å². The number of rotatable bonds is 9. The standard InChI is InChI=1S/C26H27N3O5S/c1-33-24-18-25(34-2)22(29-15-5-6-16-29)17-20(24)10-13-23(30)19-8-11-21(12-9-19)35(31,32)28-26-7-3-4-14-27-26/h3-4,7-14,17-18H,5-6,15-16H2,1-2H3,(H,27,28). The van der Waals surface area contributed by atoms with E-state index in [1.54, 1.807) is 38.5 Å². The van der Waals surface area contributed by atoms with Gasteiger partial charge < -0.3 is 14.4 Å². The quantitative estimate of drug-likeness (QED) is 0.349. The Morgan fingerprint density at radius 1 is 1.00 bits per heavy atom. The Morgan fingerprint density at radius 3 is 2.34 bits per heavy atom. The van der Waals surface area contributed by atoms with Gasteiger partial charge in [0.05, 0.1) is 24.8 Å². The number of sulfonamides is 1. The number of aromatic nitrogens is 1. The van der Waals surface area contributed by atoms with Crippen LogP contribution < -0.4 is 19.1 Å². The number of hydrogen-bond acceptors (Lipinski definition) is 7. The maximum Gasteiger partial charge on any atom is 0.263 e. The van der Waals surface area contributed by atoms with Crippen LogP contribution in [0.5, 0.6) is 11.5 Å². The molecule has 0 unspecified atom stereocenters. The van der Waals surface area contributed by atoms with E-state index in [0.29, 0.717) is 11.3 Å². The zero-order chi connectivity index (χ0) is 24.8. The second kappa shape index (κ2) is 10.6. The fraction of sp³-hybridized carbons (Fsp3) is 0.231. The maximum atomic E-state index is 12.8. The van der Waals surface area contributed by atoms with Gasteiger partial charge in [-0.15, -0.1) is 0 Å². The fourth-order valence-electron chi connectivity index (χ4n) is 3.92. The normalized spacial score (nSPS) is 13.7. The highest BCUT2D eigenvalue weighted by atomic mass is 32.2. The van der Waals surface area contributed by atoms with Crippen LogP contribution in [0.2, 0.25) is 0 Å². The molecule has 0 radical (unpaired) electrons. The lowest BCUT2D eigenvalue weighted by Crippen LogP contribution is -2.18. The second-order valence-electron chi connectivity index (χ2n) is 8.00. The van der Waals surface area contributed by atoms with Crippen molar-refractivity contribution in [1.82, 2.24) is 4.98 Å². The monoisotopic (exact) mass is 493 g/mol. The summed E-state index contributed by atoms with van der Waals surface area (Å²) in [6, 6.07) is 14.5. The first-order valence-electron chi connectivity index (χ1n) is 11.2. The van der Waals surface area contributed by atoms with Crippen LogP contribution in [0.4, 0.5) is 11.5 Å². The van der Waals surface area contributed by atoms with Gasteiger partial charge in [-0.3, -0.25) is 9.52 Å². The molecule has 1 N–H and O–H groups in total. The number of carbonyl (C=O) groups excluding carboxylic acids is 1. The van der Waals surface area contributed by atoms with E-state index in [1.165, 1.54) is 36.5 Å². The Morgan fingerprint density at radius 2 is 1.71 bits per heavy atom. The number of nitrogens with one attached hydrogen (secondary N) is 1. The number of allylic oxidation sites excluding steroid dienone is 1. The van der Waals surface area contributed by atoms with Crippen LogP contribution in [0, 0.1) is 0 Å². The molecule has 0 spiro atoms. The van der Waals surface area contributed by atoms with Gasteiger partial charge in [0, 0.05) is 36.5 Å². The summed E-state index contributed by atoms with van der Waals surface area (Å²) in [5, 5.41) is 0. The molecule has 182 valence electrons. The predicted octanol–water partition coefficient (Wildman–Crippen LogP) is 4.40. The summed E-state index contributed by atoms with van der Waals surface area (Å²) < 4.78 is 38.6. The van der Waals surface area contributed by atoms with E-state index < -0.39 is 10.0 Å². The topological polar surface area (TPSA) is 97.8 Å². The van der Waals surface area contributed by atoms with Crippen molar-refractivity contribution in [2.75, 3.05) is 36.9 Å². The smallest absolute Gasteiger partial charge is 0.263 e. The molecular weight excluding hydrogens is 466 g/mol. The van der Waals surface area contributed by atoms with Crippen LogP contribution in [0.1, 0.15) is 28.8 Å². The highest BCUT2D eigenvalue weighted by Gasteiger charge is 2.19. The van der Waals surface area contributed by atoms with Gasteiger partial charge in [0.2, 0.25) is 0 Å². The summed E-state index contributed by atoms with van der Waals surface area (Å²) in [5.41, 5.74) is 2.08. The first-order chi connectivity index (χ1) is 16.9. The minimum absolute atomic E-state index is 0.0377. The van der Waals surface area contributed by atoms with Gasteiger partial charge in [0.1, 0.15) is 17.3 Å². The minimum Gasteiger partial charge on any atom is -0.496 e. The Labute approximate surface area is 205 Å². The molecule has 0 bridgehead atoms. The minimum atomic E-state index is -3.81. The number of methoxy groups -OCH3 is 2. The molecule has 1 fully saturated rings. The lowest BCUT2D eigenvalue weighted by molar-refractivity contribution is 0.104. The van der Waals surface area contributed by atoms with E-state index in [1.807, 2.05) is 12.1 Å². The zero-order valence-corrected chi connectivity index (χ0v) is 20.4. The molecule has 3 aromatic rings. The number of benzene rings is 2. The molecule has 1 aromatic heterocycles. The van der Waals surface area contributed by atoms with Gasteiger partial charge in [-0.05, 0) is 67.5 Å². The largest absolute Gasteiger partial charge is 0.496 e. The van der Waals surface area contributed by atoms with Gasteiger partial charge in [-0.2, -0.15) is 0 Å². The van der Waals surface area contributed by atoms with E-state index >= 15 is 0 Å². The highest BCUT2D eigenvalue weighted by molar-refractivity contribution is 7.92. The molecule has 0 atom stereocenters. The first-order valence-corrected chi connectivity index (χ1v) is 12.7. The van der Waals surface area contributed by atoms with Crippen molar-refractivity contribution in [1.29, 1.82) is 0 Å². The van der Waals surface area contributed by atoms with Crippen molar-refractivity contribution >= 4 is 33.4 Å². The predicted molar refractivity (Wildman–Crippen MR) is 136 cm³/mol. The molecule has 1 saturated heterocycles. The van der Waals surface area contributed by atoms with Crippen LogP contribution in [-0.4, -0.2) is 46.5 Å². The van der Waals surface area contributed by atoms with Crippen LogP contribution in [-0.2, 0) is 10.0 Å². The summed E-state index contributed by atoms with van der Waals surface area (Å²) in [7, 11) is -0.615. The van der Waals surface area contributed by atoms with Crippen LogP contribution >= 0.6 is 0 Å². The summed E-state index contributed by atoms with van der Waals surface area (Å²) in [5.74, 6) is 1.28. The number of anilines is 2. The van der Waals surface area contributed by atoms with Crippen molar-refractivity contribution < 1.29 is 22.7 Å². The zero-order valence-electron chi connectivity index (χ0n) is 19.6. The number of carbonyl (C=O) groups is 1. The van der Waals surface area contributed by atoms with Gasteiger partial charge >= 0.3 is 0 Å². The third-order valence-electron chi connectivity index (χ3n) is 5.75. The number of hydrogen-bond donors (Lipinski definition) is 1. The van der Waals surface area contributed by atoms with Crippen molar-refractivity contribution in [3.63, 3.8) is 0 Å². The molecular formula is C26H27N3O5S. The Kier molecular flexibility index (Phi) is 7.36. The van der Waals surface area contributed by atoms with Crippen LogP contribution in [0.3, 0.4) is 0 Å². The van der Waals surface area contributed by atoms with Crippen molar-refractivity contribution in [2.24, 2.45) is 0 Å². The maximum absolute atomic E-state index is 12.8. The van der Waals surface area contributed by atoms with Gasteiger partial charge in [-0.1, -0.05) is 6.07 Å². The molecule has 9 heteroatoms. The molecule has 4 rings (SSSR count).